The Morgan fingerprint density at radius 1 is 0.214 bits per heavy atom. The third kappa shape index (κ3) is 5.57. The summed E-state index contributed by atoms with van der Waals surface area (Å²) in [6.45, 7) is 0. The van der Waals surface area contributed by atoms with Gasteiger partial charge in [-0.05, 0) is 101 Å². The quantitative estimate of drug-likeness (QED) is 0.172. The number of hydrogen-bond donors (Lipinski definition) is 0. The summed E-state index contributed by atoms with van der Waals surface area (Å²) in [4.78, 5) is 15.2. The number of rotatable bonds is 6. The average molecular weight is 712 g/mol. The summed E-state index contributed by atoms with van der Waals surface area (Å²) in [6.07, 6.45) is 0. The Morgan fingerprint density at radius 3 is 1.21 bits per heavy atom. The molecule has 9 aromatic carbocycles. The lowest BCUT2D eigenvalue weighted by atomic mass is 9.94. The molecule has 260 valence electrons. The van der Waals surface area contributed by atoms with Gasteiger partial charge in [0.05, 0.1) is 0 Å². The molecule has 10 aromatic rings. The molecule has 0 saturated heterocycles. The molecule has 0 atom stereocenters. The Hall–Kier alpha value is -7.49. The predicted octanol–water partition coefficient (Wildman–Crippen LogP) is 13.8. The van der Waals surface area contributed by atoms with Crippen molar-refractivity contribution < 1.29 is 0 Å². The standard InChI is InChI=1S/C53H33N3/c1-3-10-34(11-4-1)36-18-22-38(23-19-36)51-54-52(39-24-20-37(21-25-39)35-12-5-2-6-13-35)56-53(55-51)44-29-28-40-30-42(27-26-41(40)31-44)45-32-43-14-9-17-48-46-15-7-8-16-47(46)49(33-45)50(43)48/h1-33H. The van der Waals surface area contributed by atoms with Crippen LogP contribution >= 0.6 is 0 Å². The van der Waals surface area contributed by atoms with Crippen molar-refractivity contribution in [2.45, 2.75) is 0 Å². The van der Waals surface area contributed by atoms with Gasteiger partial charge in [0.2, 0.25) is 0 Å². The number of fused-ring (bicyclic) bond motifs is 4. The maximum Gasteiger partial charge on any atom is 0.164 e. The largest absolute Gasteiger partial charge is 0.208 e. The highest BCUT2D eigenvalue weighted by molar-refractivity contribution is 6.16. The molecule has 1 aliphatic rings. The summed E-state index contributed by atoms with van der Waals surface area (Å²) in [6, 6.07) is 71.1. The Morgan fingerprint density at radius 2 is 0.625 bits per heavy atom. The van der Waals surface area contributed by atoms with Gasteiger partial charge in [0.15, 0.2) is 17.5 Å². The van der Waals surface area contributed by atoms with Crippen LogP contribution in [0.3, 0.4) is 0 Å². The van der Waals surface area contributed by atoms with Gasteiger partial charge >= 0.3 is 0 Å². The third-order valence-electron chi connectivity index (χ3n) is 11.1. The minimum atomic E-state index is 0.640. The van der Waals surface area contributed by atoms with Crippen LogP contribution in [0.25, 0.3) is 111 Å². The second kappa shape index (κ2) is 13.1. The van der Waals surface area contributed by atoms with Gasteiger partial charge in [-0.15, -0.1) is 0 Å². The number of benzene rings is 9. The molecule has 3 heteroatoms. The topological polar surface area (TPSA) is 38.7 Å². The fourth-order valence-electron chi connectivity index (χ4n) is 8.20. The number of hydrogen-bond acceptors (Lipinski definition) is 3. The van der Waals surface area contributed by atoms with E-state index in [0.717, 1.165) is 33.2 Å². The van der Waals surface area contributed by atoms with E-state index in [-0.39, 0.29) is 0 Å². The maximum atomic E-state index is 5.09. The van der Waals surface area contributed by atoms with E-state index in [0.29, 0.717) is 17.5 Å². The van der Waals surface area contributed by atoms with Gasteiger partial charge in [0.25, 0.3) is 0 Å². The molecule has 56 heavy (non-hydrogen) atoms. The molecule has 11 rings (SSSR count). The molecule has 0 bridgehead atoms. The molecule has 1 aliphatic carbocycles. The first-order valence-electron chi connectivity index (χ1n) is 19.0. The highest BCUT2D eigenvalue weighted by atomic mass is 15.0. The van der Waals surface area contributed by atoms with Crippen LogP contribution < -0.4 is 0 Å². The molecule has 0 aliphatic heterocycles. The normalized spacial score (nSPS) is 11.6. The van der Waals surface area contributed by atoms with Gasteiger partial charge in [0.1, 0.15) is 0 Å². The van der Waals surface area contributed by atoms with E-state index in [4.69, 9.17) is 15.0 Å². The molecule has 0 amide bonds. The van der Waals surface area contributed by atoms with Crippen LogP contribution in [0.15, 0.2) is 200 Å². The lowest BCUT2D eigenvalue weighted by Gasteiger charge is -2.11. The van der Waals surface area contributed by atoms with E-state index < -0.39 is 0 Å². The maximum absolute atomic E-state index is 5.09. The molecule has 3 nitrogen and oxygen atoms in total. The van der Waals surface area contributed by atoms with Crippen LogP contribution in [0, 0.1) is 0 Å². The Bertz CT molecular complexity index is 3000. The van der Waals surface area contributed by atoms with Crippen molar-refractivity contribution in [1.82, 2.24) is 15.0 Å². The zero-order chi connectivity index (χ0) is 37.0. The van der Waals surface area contributed by atoms with Crippen molar-refractivity contribution in [2.24, 2.45) is 0 Å². The highest BCUT2D eigenvalue weighted by Gasteiger charge is 2.22. The monoisotopic (exact) mass is 711 g/mol. The van der Waals surface area contributed by atoms with Gasteiger partial charge in [-0.3, -0.25) is 0 Å². The summed E-state index contributed by atoms with van der Waals surface area (Å²) in [5, 5.41) is 4.91. The first kappa shape index (κ1) is 32.0. The second-order valence-electron chi connectivity index (χ2n) is 14.4. The van der Waals surface area contributed by atoms with E-state index in [1.165, 1.54) is 60.7 Å². The fraction of sp³-hybridized carbons (Fsp3) is 0. The summed E-state index contributed by atoms with van der Waals surface area (Å²) < 4.78 is 0. The van der Waals surface area contributed by atoms with Gasteiger partial charge < -0.3 is 0 Å². The molecule has 1 heterocycles. The minimum absolute atomic E-state index is 0.640. The predicted molar refractivity (Wildman–Crippen MR) is 232 cm³/mol. The van der Waals surface area contributed by atoms with Crippen molar-refractivity contribution in [3.8, 4) is 89.8 Å². The smallest absolute Gasteiger partial charge is 0.164 e. The lowest BCUT2D eigenvalue weighted by molar-refractivity contribution is 1.07. The summed E-state index contributed by atoms with van der Waals surface area (Å²) >= 11 is 0. The second-order valence-corrected chi connectivity index (χ2v) is 14.4. The van der Waals surface area contributed by atoms with Crippen LogP contribution in [0.5, 0.6) is 0 Å². The van der Waals surface area contributed by atoms with Gasteiger partial charge in [0, 0.05) is 16.7 Å². The molecule has 0 saturated carbocycles. The van der Waals surface area contributed by atoms with Crippen LogP contribution in [-0.2, 0) is 0 Å². The Kier molecular flexibility index (Phi) is 7.49. The van der Waals surface area contributed by atoms with Crippen molar-refractivity contribution in [1.29, 1.82) is 0 Å². The third-order valence-corrected chi connectivity index (χ3v) is 11.1. The summed E-state index contributed by atoms with van der Waals surface area (Å²) in [5.74, 6) is 1.92. The lowest BCUT2D eigenvalue weighted by Crippen LogP contribution is -2.00. The van der Waals surface area contributed by atoms with E-state index in [1.54, 1.807) is 0 Å². The minimum Gasteiger partial charge on any atom is -0.208 e. The number of nitrogens with zero attached hydrogens (tertiary/aromatic N) is 3. The molecule has 0 unspecified atom stereocenters. The van der Waals surface area contributed by atoms with Crippen LogP contribution in [-0.4, -0.2) is 15.0 Å². The van der Waals surface area contributed by atoms with Crippen molar-refractivity contribution in [2.75, 3.05) is 0 Å². The van der Waals surface area contributed by atoms with Crippen LogP contribution in [0.1, 0.15) is 0 Å². The van der Waals surface area contributed by atoms with E-state index in [1.807, 2.05) is 12.1 Å². The highest BCUT2D eigenvalue weighted by Crippen LogP contribution is 2.48. The molecular formula is C53H33N3. The average Bonchev–Trinajstić information content (AvgIpc) is 3.61. The first-order chi connectivity index (χ1) is 27.7. The zero-order valence-corrected chi connectivity index (χ0v) is 30.4. The molecule has 0 N–H and O–H groups in total. The first-order valence-corrected chi connectivity index (χ1v) is 19.0. The molecule has 0 spiro atoms. The van der Waals surface area contributed by atoms with Crippen LogP contribution in [0.2, 0.25) is 0 Å². The van der Waals surface area contributed by atoms with E-state index in [2.05, 4.69) is 188 Å². The van der Waals surface area contributed by atoms with E-state index >= 15 is 0 Å². The Balaban J connectivity index is 0.983. The molecule has 0 fully saturated rings. The summed E-state index contributed by atoms with van der Waals surface area (Å²) in [5.41, 5.74) is 15.1. The fourth-order valence-corrected chi connectivity index (χ4v) is 8.20. The van der Waals surface area contributed by atoms with Crippen molar-refractivity contribution in [3.05, 3.63) is 200 Å². The van der Waals surface area contributed by atoms with Gasteiger partial charge in [-0.25, -0.2) is 15.0 Å². The SMILES string of the molecule is c1ccc(-c2ccc(-c3nc(-c4ccc(-c5ccccc5)cc4)nc(-c4ccc5cc(-c6cc7c8c(cccc8c6)-c6ccccc6-7)ccc5c4)n3)cc2)cc1. The number of aromatic nitrogens is 3. The Labute approximate surface area is 325 Å². The summed E-state index contributed by atoms with van der Waals surface area (Å²) in [7, 11) is 0. The van der Waals surface area contributed by atoms with Crippen LogP contribution in [0.4, 0.5) is 0 Å². The molecule has 1 aromatic heterocycles. The van der Waals surface area contributed by atoms with Crippen molar-refractivity contribution >= 4 is 21.5 Å². The molecular weight excluding hydrogens is 679 g/mol. The van der Waals surface area contributed by atoms with Gasteiger partial charge in [-0.2, -0.15) is 0 Å². The van der Waals surface area contributed by atoms with E-state index in [9.17, 15) is 0 Å². The zero-order valence-electron chi connectivity index (χ0n) is 30.4. The van der Waals surface area contributed by atoms with Crippen molar-refractivity contribution in [3.63, 3.8) is 0 Å². The molecule has 0 radical (unpaired) electrons. The van der Waals surface area contributed by atoms with Gasteiger partial charge in [-0.1, -0.05) is 176 Å².